The molecule has 1 saturated carbocycles. The molecule has 0 aromatic carbocycles. The Morgan fingerprint density at radius 3 is 2.58 bits per heavy atom. The quantitative estimate of drug-likeness (QED) is 0.755. The van der Waals surface area contributed by atoms with Gasteiger partial charge in [0.25, 0.3) is 0 Å². The maximum atomic E-state index is 9.56. The molecule has 1 aliphatic rings. The molecule has 5 heteroatoms. The molecule has 1 fully saturated rings. The molecular formula is C14H22ClN3O. The van der Waals surface area contributed by atoms with Gasteiger partial charge in [0, 0.05) is 23.9 Å². The molecule has 19 heavy (non-hydrogen) atoms. The number of aromatic nitrogens is 2. The van der Waals surface area contributed by atoms with Gasteiger partial charge < -0.3 is 10.4 Å². The Kier molecular flexibility index (Phi) is 4.63. The summed E-state index contributed by atoms with van der Waals surface area (Å²) >= 11 is 6.03. The van der Waals surface area contributed by atoms with Crippen molar-refractivity contribution >= 4 is 17.4 Å². The molecule has 0 amide bonds. The summed E-state index contributed by atoms with van der Waals surface area (Å²) in [6.45, 7) is 5.09. The molecule has 0 aliphatic heterocycles. The van der Waals surface area contributed by atoms with E-state index in [0.717, 1.165) is 37.3 Å². The molecule has 0 saturated heterocycles. The second kappa shape index (κ2) is 6.06. The number of nitrogens with zero attached hydrogens (tertiary/aromatic N) is 2. The van der Waals surface area contributed by atoms with Gasteiger partial charge in [-0.2, -0.15) is 0 Å². The number of aliphatic hydroxyl groups excluding tert-OH is 1. The molecule has 0 radical (unpaired) electrons. The normalized spacial score (nSPS) is 15.6. The zero-order valence-corrected chi connectivity index (χ0v) is 12.4. The van der Waals surface area contributed by atoms with Crippen molar-refractivity contribution in [1.29, 1.82) is 0 Å². The number of anilines is 1. The maximum Gasteiger partial charge on any atom is 0.135 e. The zero-order chi connectivity index (χ0) is 13.9. The average Bonchev–Trinajstić information content (AvgIpc) is 3.25. The van der Waals surface area contributed by atoms with Gasteiger partial charge in [-0.1, -0.05) is 25.4 Å². The predicted molar refractivity (Wildman–Crippen MR) is 77.6 cm³/mol. The summed E-state index contributed by atoms with van der Waals surface area (Å²) in [5.74, 6) is 2.10. The van der Waals surface area contributed by atoms with E-state index >= 15 is 0 Å². The van der Waals surface area contributed by atoms with Crippen LogP contribution in [0.2, 0.25) is 5.15 Å². The molecule has 1 heterocycles. The van der Waals surface area contributed by atoms with Crippen LogP contribution in [0.15, 0.2) is 6.07 Å². The maximum absolute atomic E-state index is 9.56. The Labute approximate surface area is 119 Å². The van der Waals surface area contributed by atoms with Crippen LogP contribution in [-0.4, -0.2) is 28.2 Å². The molecule has 0 bridgehead atoms. The van der Waals surface area contributed by atoms with E-state index < -0.39 is 0 Å². The van der Waals surface area contributed by atoms with Crippen molar-refractivity contribution < 1.29 is 5.11 Å². The van der Waals surface area contributed by atoms with Crippen LogP contribution < -0.4 is 5.32 Å². The molecule has 2 N–H and O–H groups in total. The van der Waals surface area contributed by atoms with E-state index in [1.165, 1.54) is 0 Å². The van der Waals surface area contributed by atoms with Gasteiger partial charge in [-0.05, 0) is 25.7 Å². The third-order valence-electron chi connectivity index (χ3n) is 4.13. The highest BCUT2D eigenvalue weighted by Gasteiger charge is 2.28. The summed E-state index contributed by atoms with van der Waals surface area (Å²) < 4.78 is 0. The number of rotatable bonds is 7. The second-order valence-corrected chi connectivity index (χ2v) is 5.81. The Bertz CT molecular complexity index is 422. The fourth-order valence-electron chi connectivity index (χ4n) is 2.11. The van der Waals surface area contributed by atoms with E-state index in [1.807, 2.05) is 0 Å². The van der Waals surface area contributed by atoms with Gasteiger partial charge in [0.05, 0.1) is 6.61 Å². The van der Waals surface area contributed by atoms with E-state index in [-0.39, 0.29) is 12.0 Å². The van der Waals surface area contributed by atoms with Gasteiger partial charge >= 0.3 is 0 Å². The second-order valence-electron chi connectivity index (χ2n) is 5.43. The van der Waals surface area contributed by atoms with E-state index in [4.69, 9.17) is 11.6 Å². The molecule has 4 nitrogen and oxygen atoms in total. The first kappa shape index (κ1) is 14.5. The molecule has 106 valence electrons. The van der Waals surface area contributed by atoms with Gasteiger partial charge in [-0.25, -0.2) is 9.97 Å². The Balaban J connectivity index is 2.06. The van der Waals surface area contributed by atoms with Crippen molar-refractivity contribution in [3.8, 4) is 0 Å². The average molecular weight is 284 g/mol. The molecular weight excluding hydrogens is 262 g/mol. The van der Waals surface area contributed by atoms with Crippen molar-refractivity contribution in [2.24, 2.45) is 5.41 Å². The molecule has 1 aromatic heterocycles. The van der Waals surface area contributed by atoms with E-state index in [0.29, 0.717) is 17.6 Å². The lowest BCUT2D eigenvalue weighted by Crippen LogP contribution is -2.32. The zero-order valence-electron chi connectivity index (χ0n) is 11.6. The summed E-state index contributed by atoms with van der Waals surface area (Å²) in [6.07, 6.45) is 4.18. The third kappa shape index (κ3) is 3.57. The predicted octanol–water partition coefficient (Wildman–Crippen LogP) is 3.22. The lowest BCUT2D eigenvalue weighted by Gasteiger charge is -2.29. The SMILES string of the molecule is CCC(CC)(CO)CNc1cc(Cl)nc(C2CC2)n1. The van der Waals surface area contributed by atoms with Crippen LogP contribution in [0.1, 0.15) is 51.3 Å². The summed E-state index contributed by atoms with van der Waals surface area (Å²) in [5, 5.41) is 13.4. The van der Waals surface area contributed by atoms with Crippen LogP contribution in [0.5, 0.6) is 0 Å². The van der Waals surface area contributed by atoms with E-state index in [2.05, 4.69) is 29.1 Å². The topological polar surface area (TPSA) is 58.0 Å². The Morgan fingerprint density at radius 2 is 2.05 bits per heavy atom. The van der Waals surface area contributed by atoms with Gasteiger partial charge in [-0.3, -0.25) is 0 Å². The summed E-state index contributed by atoms with van der Waals surface area (Å²) in [6, 6.07) is 1.75. The molecule has 2 rings (SSSR count). The summed E-state index contributed by atoms with van der Waals surface area (Å²) in [4.78, 5) is 8.78. The first-order valence-corrected chi connectivity index (χ1v) is 7.39. The fraction of sp³-hybridized carbons (Fsp3) is 0.714. The molecule has 1 aliphatic carbocycles. The summed E-state index contributed by atoms with van der Waals surface area (Å²) in [7, 11) is 0. The first-order valence-electron chi connectivity index (χ1n) is 7.01. The minimum absolute atomic E-state index is 0.0861. The minimum Gasteiger partial charge on any atom is -0.396 e. The first-order chi connectivity index (χ1) is 9.12. The lowest BCUT2D eigenvalue weighted by molar-refractivity contribution is 0.127. The lowest BCUT2D eigenvalue weighted by atomic mass is 9.83. The van der Waals surface area contributed by atoms with Crippen LogP contribution in [0, 0.1) is 5.41 Å². The van der Waals surface area contributed by atoms with Gasteiger partial charge in [0.1, 0.15) is 16.8 Å². The Morgan fingerprint density at radius 1 is 1.37 bits per heavy atom. The van der Waals surface area contributed by atoms with Crippen LogP contribution in [-0.2, 0) is 0 Å². The molecule has 1 aromatic rings. The third-order valence-corrected chi connectivity index (χ3v) is 4.33. The number of halogens is 1. The largest absolute Gasteiger partial charge is 0.396 e. The minimum atomic E-state index is -0.0861. The highest BCUT2D eigenvalue weighted by molar-refractivity contribution is 6.29. The number of hydrogen-bond donors (Lipinski definition) is 2. The van der Waals surface area contributed by atoms with Crippen molar-refractivity contribution in [3.63, 3.8) is 0 Å². The van der Waals surface area contributed by atoms with Crippen LogP contribution in [0.25, 0.3) is 0 Å². The molecule has 0 unspecified atom stereocenters. The van der Waals surface area contributed by atoms with E-state index in [1.54, 1.807) is 6.07 Å². The van der Waals surface area contributed by atoms with Crippen LogP contribution >= 0.6 is 11.6 Å². The standard InChI is InChI=1S/C14H22ClN3O/c1-3-14(4-2,9-19)8-16-12-7-11(15)17-13(18-12)10-5-6-10/h7,10,19H,3-6,8-9H2,1-2H3,(H,16,17,18). The monoisotopic (exact) mass is 283 g/mol. The molecule has 0 atom stereocenters. The van der Waals surface area contributed by atoms with E-state index in [9.17, 15) is 5.11 Å². The van der Waals surface area contributed by atoms with Crippen molar-refractivity contribution in [2.45, 2.75) is 45.4 Å². The highest BCUT2D eigenvalue weighted by Crippen LogP contribution is 2.38. The van der Waals surface area contributed by atoms with Crippen LogP contribution in [0.3, 0.4) is 0 Å². The van der Waals surface area contributed by atoms with Crippen molar-refractivity contribution in [3.05, 3.63) is 17.0 Å². The fourth-order valence-corrected chi connectivity index (χ4v) is 2.30. The summed E-state index contributed by atoms with van der Waals surface area (Å²) in [5.41, 5.74) is -0.0861. The Hall–Kier alpha value is -0.870. The van der Waals surface area contributed by atoms with Crippen molar-refractivity contribution in [1.82, 2.24) is 9.97 Å². The van der Waals surface area contributed by atoms with Gasteiger partial charge in [-0.15, -0.1) is 0 Å². The van der Waals surface area contributed by atoms with Crippen molar-refractivity contribution in [2.75, 3.05) is 18.5 Å². The smallest absolute Gasteiger partial charge is 0.135 e. The molecule has 0 spiro atoms. The number of aliphatic hydroxyl groups is 1. The van der Waals surface area contributed by atoms with Gasteiger partial charge in [0.15, 0.2) is 0 Å². The highest BCUT2D eigenvalue weighted by atomic mass is 35.5. The number of hydrogen-bond acceptors (Lipinski definition) is 4. The van der Waals surface area contributed by atoms with Gasteiger partial charge in [0.2, 0.25) is 0 Å². The number of nitrogens with one attached hydrogen (secondary N) is 1. The van der Waals surface area contributed by atoms with Crippen LogP contribution in [0.4, 0.5) is 5.82 Å².